The summed E-state index contributed by atoms with van der Waals surface area (Å²) in [5, 5.41) is 0.406. The minimum Gasteiger partial charge on any atom is -0.378 e. The van der Waals surface area contributed by atoms with Gasteiger partial charge in [-0.3, -0.25) is 4.79 Å². The first kappa shape index (κ1) is 9.58. The van der Waals surface area contributed by atoms with Crippen LogP contribution in [0.15, 0.2) is 4.99 Å². The molecule has 1 heterocycles. The fourth-order valence-electron chi connectivity index (χ4n) is 1.42. The van der Waals surface area contributed by atoms with Crippen LogP contribution < -0.4 is 5.73 Å². The van der Waals surface area contributed by atoms with Gasteiger partial charge in [-0.1, -0.05) is 25.6 Å². The van der Waals surface area contributed by atoms with Crippen molar-refractivity contribution in [2.75, 3.05) is 0 Å². The molecule has 0 fully saturated rings. The highest BCUT2D eigenvalue weighted by molar-refractivity contribution is 8.16. The van der Waals surface area contributed by atoms with Crippen LogP contribution in [0.4, 0.5) is 0 Å². The van der Waals surface area contributed by atoms with Gasteiger partial charge in [0.05, 0.1) is 0 Å². The number of rotatable bonds is 2. The summed E-state index contributed by atoms with van der Waals surface area (Å²) in [4.78, 5) is 15.1. The van der Waals surface area contributed by atoms with Gasteiger partial charge in [-0.15, -0.1) is 0 Å². The normalized spacial score (nSPS) is 29.7. The number of hydrogen-bond acceptors (Lipinski definition) is 3. The van der Waals surface area contributed by atoms with Gasteiger partial charge in [-0.05, 0) is 19.3 Å². The summed E-state index contributed by atoms with van der Waals surface area (Å²) in [6.45, 7) is 6.09. The lowest BCUT2D eigenvalue weighted by molar-refractivity contribution is -0.119. The Labute approximate surface area is 76.8 Å². The van der Waals surface area contributed by atoms with E-state index in [0.29, 0.717) is 11.1 Å². The summed E-state index contributed by atoms with van der Waals surface area (Å²) in [5.41, 5.74) is 5.47. The van der Waals surface area contributed by atoms with Crippen molar-refractivity contribution < 1.29 is 4.79 Å². The molecule has 0 unspecified atom stereocenters. The van der Waals surface area contributed by atoms with Crippen molar-refractivity contribution in [3.05, 3.63) is 0 Å². The van der Waals surface area contributed by atoms with E-state index >= 15 is 0 Å². The smallest absolute Gasteiger partial charge is 0.264 e. The highest BCUT2D eigenvalue weighted by Crippen LogP contribution is 2.37. The monoisotopic (exact) mass is 186 g/mol. The molecule has 0 bridgehead atoms. The van der Waals surface area contributed by atoms with E-state index in [4.69, 9.17) is 5.73 Å². The van der Waals surface area contributed by atoms with Crippen molar-refractivity contribution >= 4 is 22.8 Å². The Hall–Kier alpha value is -0.510. The minimum atomic E-state index is -0.405. The molecule has 0 aliphatic carbocycles. The summed E-state index contributed by atoms with van der Waals surface area (Å²) in [6, 6.07) is 0. The molecule has 0 aromatic heterocycles. The standard InChI is InChI=1S/C8H14N2OS/c1-5(2)4-8(3)6(11)10-7(9)12-8/h5H,4H2,1-3H3,(H2,9,10,11)/t8-/m1/s1. The number of carbonyl (C=O) groups is 1. The zero-order valence-electron chi connectivity index (χ0n) is 7.63. The molecule has 1 amide bonds. The number of nitrogens with two attached hydrogens (primary N) is 1. The maximum Gasteiger partial charge on any atom is 0.264 e. The van der Waals surface area contributed by atoms with E-state index in [1.165, 1.54) is 11.8 Å². The Kier molecular flexibility index (Phi) is 2.46. The van der Waals surface area contributed by atoms with Crippen LogP contribution in [0.2, 0.25) is 0 Å². The number of amidine groups is 1. The SMILES string of the molecule is CC(C)C[C@@]1(C)SC(N)=NC1=O. The van der Waals surface area contributed by atoms with E-state index < -0.39 is 4.75 Å². The number of thioether (sulfide) groups is 1. The first-order chi connectivity index (χ1) is 5.44. The molecule has 0 aromatic carbocycles. The number of nitrogens with zero attached hydrogens (tertiary/aromatic N) is 1. The van der Waals surface area contributed by atoms with Crippen LogP contribution in [0.3, 0.4) is 0 Å². The van der Waals surface area contributed by atoms with E-state index in [1.54, 1.807) is 0 Å². The molecule has 0 radical (unpaired) electrons. The van der Waals surface area contributed by atoms with Gasteiger partial charge in [0, 0.05) is 0 Å². The lowest BCUT2D eigenvalue weighted by Gasteiger charge is -2.21. The molecule has 3 nitrogen and oxygen atoms in total. The average Bonchev–Trinajstić information content (AvgIpc) is 2.04. The molecule has 0 aromatic rings. The highest BCUT2D eigenvalue weighted by atomic mass is 32.2. The third-order valence-electron chi connectivity index (χ3n) is 1.79. The second-order valence-corrected chi connectivity index (χ2v) is 5.21. The van der Waals surface area contributed by atoms with Crippen molar-refractivity contribution in [3.63, 3.8) is 0 Å². The zero-order chi connectivity index (χ0) is 9.35. The minimum absolute atomic E-state index is 0.0845. The number of aliphatic imine (C=N–C) groups is 1. The van der Waals surface area contributed by atoms with E-state index in [2.05, 4.69) is 18.8 Å². The molecule has 0 saturated carbocycles. The van der Waals surface area contributed by atoms with E-state index in [9.17, 15) is 4.79 Å². The molecule has 1 aliphatic heterocycles. The second kappa shape index (κ2) is 3.09. The average molecular weight is 186 g/mol. The van der Waals surface area contributed by atoms with Gasteiger partial charge in [0.1, 0.15) is 4.75 Å². The van der Waals surface area contributed by atoms with Gasteiger partial charge in [0.2, 0.25) is 0 Å². The highest BCUT2D eigenvalue weighted by Gasteiger charge is 2.40. The van der Waals surface area contributed by atoms with E-state index in [-0.39, 0.29) is 5.91 Å². The molecular formula is C8H14N2OS. The van der Waals surface area contributed by atoms with Crippen molar-refractivity contribution in [2.24, 2.45) is 16.6 Å². The van der Waals surface area contributed by atoms with E-state index in [1.807, 2.05) is 6.92 Å². The Morgan fingerprint density at radius 1 is 1.67 bits per heavy atom. The Morgan fingerprint density at radius 2 is 2.25 bits per heavy atom. The Morgan fingerprint density at radius 3 is 2.58 bits per heavy atom. The van der Waals surface area contributed by atoms with Gasteiger partial charge in [-0.2, -0.15) is 4.99 Å². The Balaban J connectivity index is 2.70. The van der Waals surface area contributed by atoms with Crippen molar-refractivity contribution in [2.45, 2.75) is 31.9 Å². The van der Waals surface area contributed by atoms with Crippen LogP contribution >= 0.6 is 11.8 Å². The molecule has 1 rings (SSSR count). The predicted molar refractivity (Wildman–Crippen MR) is 52.1 cm³/mol. The van der Waals surface area contributed by atoms with Gasteiger partial charge >= 0.3 is 0 Å². The molecule has 68 valence electrons. The molecule has 0 saturated heterocycles. The van der Waals surface area contributed by atoms with Crippen LogP contribution in [0.25, 0.3) is 0 Å². The first-order valence-corrected chi connectivity index (χ1v) is 4.83. The van der Waals surface area contributed by atoms with Crippen LogP contribution in [-0.2, 0) is 4.79 Å². The van der Waals surface area contributed by atoms with Gasteiger partial charge < -0.3 is 5.73 Å². The largest absolute Gasteiger partial charge is 0.378 e. The van der Waals surface area contributed by atoms with Gasteiger partial charge in [-0.25, -0.2) is 0 Å². The van der Waals surface area contributed by atoms with Crippen molar-refractivity contribution in [3.8, 4) is 0 Å². The van der Waals surface area contributed by atoms with Crippen LogP contribution in [-0.4, -0.2) is 15.8 Å². The third-order valence-corrected chi connectivity index (χ3v) is 2.88. The second-order valence-electron chi connectivity index (χ2n) is 3.69. The zero-order valence-corrected chi connectivity index (χ0v) is 8.44. The van der Waals surface area contributed by atoms with Crippen molar-refractivity contribution in [1.82, 2.24) is 0 Å². The van der Waals surface area contributed by atoms with Crippen LogP contribution in [0.1, 0.15) is 27.2 Å². The Bertz CT molecular complexity index is 237. The van der Waals surface area contributed by atoms with Gasteiger partial charge in [0.25, 0.3) is 5.91 Å². The molecule has 1 atom stereocenters. The summed E-state index contributed by atoms with van der Waals surface area (Å²) < 4.78 is -0.405. The molecule has 1 aliphatic rings. The molecule has 12 heavy (non-hydrogen) atoms. The maximum atomic E-state index is 11.4. The third kappa shape index (κ3) is 1.80. The van der Waals surface area contributed by atoms with Crippen LogP contribution in [0.5, 0.6) is 0 Å². The summed E-state index contributed by atoms with van der Waals surface area (Å²) >= 11 is 1.38. The van der Waals surface area contributed by atoms with Crippen LogP contribution in [0, 0.1) is 5.92 Å². The summed E-state index contributed by atoms with van der Waals surface area (Å²) in [7, 11) is 0. The predicted octanol–water partition coefficient (Wildman–Crippen LogP) is 1.38. The summed E-state index contributed by atoms with van der Waals surface area (Å²) in [5.74, 6) is 0.409. The summed E-state index contributed by atoms with van der Waals surface area (Å²) in [6.07, 6.45) is 0.834. The number of carbonyl (C=O) groups excluding carboxylic acids is 1. The van der Waals surface area contributed by atoms with Crippen molar-refractivity contribution in [1.29, 1.82) is 0 Å². The lowest BCUT2D eigenvalue weighted by Crippen LogP contribution is -2.29. The van der Waals surface area contributed by atoms with Gasteiger partial charge in [0.15, 0.2) is 5.17 Å². The topological polar surface area (TPSA) is 55.4 Å². The first-order valence-electron chi connectivity index (χ1n) is 4.01. The fourth-order valence-corrected chi connectivity index (χ4v) is 2.56. The quantitative estimate of drug-likeness (QED) is 0.708. The molecule has 4 heteroatoms. The molecule has 0 spiro atoms. The molecular weight excluding hydrogens is 172 g/mol. The lowest BCUT2D eigenvalue weighted by atomic mass is 9.97. The maximum absolute atomic E-state index is 11.4. The molecule has 2 N–H and O–H groups in total. The number of amides is 1. The number of hydrogen-bond donors (Lipinski definition) is 1. The fraction of sp³-hybridized carbons (Fsp3) is 0.750. The van der Waals surface area contributed by atoms with E-state index in [0.717, 1.165) is 6.42 Å².